The lowest BCUT2D eigenvalue weighted by Crippen LogP contribution is -2.49. The zero-order valence-corrected chi connectivity index (χ0v) is 12.8. The highest BCUT2D eigenvalue weighted by atomic mass is 19.1. The molecule has 23 heavy (non-hydrogen) atoms. The lowest BCUT2D eigenvalue weighted by molar-refractivity contribution is 0.0742. The van der Waals surface area contributed by atoms with Crippen LogP contribution in [0.2, 0.25) is 0 Å². The van der Waals surface area contributed by atoms with Crippen LogP contribution < -0.4 is 9.64 Å². The highest BCUT2D eigenvalue weighted by Gasteiger charge is 2.25. The monoisotopic (exact) mass is 316 g/mol. The average molecular weight is 316 g/mol. The SMILES string of the molecule is COc1ccc(F)cc1C(=O)N1CCN(c2cnccn2)CC1. The van der Waals surface area contributed by atoms with Crippen molar-refractivity contribution in [1.29, 1.82) is 0 Å². The number of aromatic nitrogens is 2. The van der Waals surface area contributed by atoms with Crippen molar-refractivity contribution in [3.05, 3.63) is 48.2 Å². The van der Waals surface area contributed by atoms with Gasteiger partial charge in [-0.1, -0.05) is 0 Å². The van der Waals surface area contributed by atoms with Crippen molar-refractivity contribution in [3.63, 3.8) is 0 Å². The first-order valence-electron chi connectivity index (χ1n) is 7.33. The number of piperazine rings is 1. The Morgan fingerprint density at radius 3 is 2.65 bits per heavy atom. The number of anilines is 1. The van der Waals surface area contributed by atoms with Crippen LogP contribution in [0.5, 0.6) is 5.75 Å². The summed E-state index contributed by atoms with van der Waals surface area (Å²) in [7, 11) is 1.47. The summed E-state index contributed by atoms with van der Waals surface area (Å²) in [5, 5.41) is 0. The maximum absolute atomic E-state index is 13.4. The number of nitrogens with zero attached hydrogens (tertiary/aromatic N) is 4. The smallest absolute Gasteiger partial charge is 0.257 e. The van der Waals surface area contributed by atoms with Crippen molar-refractivity contribution in [1.82, 2.24) is 14.9 Å². The van der Waals surface area contributed by atoms with Crippen molar-refractivity contribution < 1.29 is 13.9 Å². The Kier molecular flexibility index (Phi) is 4.36. The van der Waals surface area contributed by atoms with Gasteiger partial charge in [0, 0.05) is 38.6 Å². The molecule has 0 spiro atoms. The van der Waals surface area contributed by atoms with E-state index in [9.17, 15) is 9.18 Å². The van der Waals surface area contributed by atoms with Crippen molar-refractivity contribution >= 4 is 11.7 Å². The van der Waals surface area contributed by atoms with E-state index in [-0.39, 0.29) is 11.5 Å². The van der Waals surface area contributed by atoms with E-state index < -0.39 is 5.82 Å². The summed E-state index contributed by atoms with van der Waals surface area (Å²) in [6.45, 7) is 2.38. The zero-order chi connectivity index (χ0) is 16.2. The first-order chi connectivity index (χ1) is 11.2. The molecular formula is C16H17FN4O2. The van der Waals surface area contributed by atoms with Crippen LogP contribution in [0.1, 0.15) is 10.4 Å². The number of benzene rings is 1. The number of hydrogen-bond acceptors (Lipinski definition) is 5. The molecule has 0 radical (unpaired) electrons. The topological polar surface area (TPSA) is 58.6 Å². The summed E-state index contributed by atoms with van der Waals surface area (Å²) in [6, 6.07) is 3.97. The minimum absolute atomic E-state index is 0.222. The van der Waals surface area contributed by atoms with Gasteiger partial charge in [-0.2, -0.15) is 0 Å². The third-order valence-corrected chi connectivity index (χ3v) is 3.83. The second-order valence-electron chi connectivity index (χ2n) is 5.19. The molecule has 1 aliphatic heterocycles. The van der Waals surface area contributed by atoms with E-state index in [4.69, 9.17) is 4.74 Å². The first kappa shape index (κ1) is 15.2. The van der Waals surface area contributed by atoms with Gasteiger partial charge in [0.25, 0.3) is 5.91 Å². The van der Waals surface area contributed by atoms with Gasteiger partial charge in [-0.05, 0) is 18.2 Å². The van der Waals surface area contributed by atoms with Crippen molar-refractivity contribution in [2.75, 3.05) is 38.2 Å². The number of ether oxygens (including phenoxy) is 1. The van der Waals surface area contributed by atoms with Crippen LogP contribution in [0.25, 0.3) is 0 Å². The maximum Gasteiger partial charge on any atom is 0.257 e. The highest BCUT2D eigenvalue weighted by Crippen LogP contribution is 2.22. The molecule has 0 saturated carbocycles. The summed E-state index contributed by atoms with van der Waals surface area (Å²) in [6.07, 6.45) is 4.97. The Morgan fingerprint density at radius 2 is 2.00 bits per heavy atom. The Bertz CT molecular complexity index is 688. The number of carbonyl (C=O) groups excluding carboxylic acids is 1. The molecule has 0 bridgehead atoms. The van der Waals surface area contributed by atoms with Gasteiger partial charge < -0.3 is 14.5 Å². The number of amides is 1. The molecule has 120 valence electrons. The van der Waals surface area contributed by atoms with Crippen LogP contribution in [-0.4, -0.2) is 54.1 Å². The molecule has 0 atom stereocenters. The first-order valence-corrected chi connectivity index (χ1v) is 7.33. The molecule has 1 aliphatic rings. The Labute approximate surface area is 133 Å². The molecule has 1 saturated heterocycles. The van der Waals surface area contributed by atoms with Gasteiger partial charge in [0.05, 0.1) is 18.9 Å². The molecule has 1 aromatic heterocycles. The maximum atomic E-state index is 13.4. The van der Waals surface area contributed by atoms with E-state index in [0.717, 1.165) is 5.82 Å². The molecule has 2 heterocycles. The van der Waals surface area contributed by atoms with E-state index in [1.54, 1.807) is 23.5 Å². The van der Waals surface area contributed by atoms with E-state index >= 15 is 0 Å². The summed E-state index contributed by atoms with van der Waals surface area (Å²) in [4.78, 5) is 24.7. The molecule has 1 amide bonds. The Morgan fingerprint density at radius 1 is 1.22 bits per heavy atom. The van der Waals surface area contributed by atoms with E-state index in [1.807, 2.05) is 0 Å². The van der Waals surface area contributed by atoms with Crippen molar-refractivity contribution in [2.24, 2.45) is 0 Å². The van der Waals surface area contributed by atoms with Gasteiger partial charge in [0.15, 0.2) is 0 Å². The molecule has 3 rings (SSSR count). The fourth-order valence-corrected chi connectivity index (χ4v) is 2.61. The number of hydrogen-bond donors (Lipinski definition) is 0. The summed E-state index contributed by atoms with van der Waals surface area (Å²) in [5.41, 5.74) is 0.250. The van der Waals surface area contributed by atoms with Crippen LogP contribution in [-0.2, 0) is 0 Å². The average Bonchev–Trinajstić information content (AvgIpc) is 2.62. The predicted molar refractivity (Wildman–Crippen MR) is 83.1 cm³/mol. The summed E-state index contributed by atoms with van der Waals surface area (Å²) in [5.74, 6) is 0.503. The minimum Gasteiger partial charge on any atom is -0.496 e. The zero-order valence-electron chi connectivity index (χ0n) is 12.8. The third-order valence-electron chi connectivity index (χ3n) is 3.83. The quantitative estimate of drug-likeness (QED) is 0.860. The van der Waals surface area contributed by atoms with E-state index in [1.165, 1.54) is 25.3 Å². The number of rotatable bonds is 3. The number of halogens is 1. The second-order valence-corrected chi connectivity index (χ2v) is 5.19. The second kappa shape index (κ2) is 6.60. The highest BCUT2D eigenvalue weighted by molar-refractivity contribution is 5.97. The van der Waals surface area contributed by atoms with Crippen LogP contribution >= 0.6 is 0 Å². The summed E-state index contributed by atoms with van der Waals surface area (Å²) < 4.78 is 18.6. The molecular weight excluding hydrogens is 299 g/mol. The molecule has 1 fully saturated rings. The van der Waals surface area contributed by atoms with Gasteiger partial charge in [-0.3, -0.25) is 9.78 Å². The Balaban J connectivity index is 1.70. The molecule has 2 aromatic rings. The molecule has 1 aromatic carbocycles. The van der Waals surface area contributed by atoms with Gasteiger partial charge in [-0.25, -0.2) is 9.37 Å². The molecule has 0 unspecified atom stereocenters. The van der Waals surface area contributed by atoms with Crippen LogP contribution in [0, 0.1) is 5.82 Å². The third kappa shape index (κ3) is 3.23. The van der Waals surface area contributed by atoms with E-state index in [0.29, 0.717) is 31.9 Å². The number of methoxy groups -OCH3 is 1. The van der Waals surface area contributed by atoms with Gasteiger partial charge in [-0.15, -0.1) is 0 Å². The van der Waals surface area contributed by atoms with Gasteiger partial charge >= 0.3 is 0 Å². The summed E-state index contributed by atoms with van der Waals surface area (Å²) >= 11 is 0. The largest absolute Gasteiger partial charge is 0.496 e. The number of carbonyl (C=O) groups is 1. The molecule has 6 nitrogen and oxygen atoms in total. The predicted octanol–water partition coefficient (Wildman–Crippen LogP) is 1.59. The molecule has 0 N–H and O–H groups in total. The fourth-order valence-electron chi connectivity index (χ4n) is 2.61. The van der Waals surface area contributed by atoms with Crippen LogP contribution in [0.3, 0.4) is 0 Å². The van der Waals surface area contributed by atoms with Crippen molar-refractivity contribution in [2.45, 2.75) is 0 Å². The van der Waals surface area contributed by atoms with Crippen LogP contribution in [0.4, 0.5) is 10.2 Å². The van der Waals surface area contributed by atoms with Gasteiger partial charge in [0.2, 0.25) is 0 Å². The lowest BCUT2D eigenvalue weighted by Gasteiger charge is -2.35. The van der Waals surface area contributed by atoms with Crippen LogP contribution in [0.15, 0.2) is 36.8 Å². The normalized spacial score (nSPS) is 14.7. The van der Waals surface area contributed by atoms with E-state index in [2.05, 4.69) is 14.9 Å². The fraction of sp³-hybridized carbons (Fsp3) is 0.312. The lowest BCUT2D eigenvalue weighted by atomic mass is 10.1. The molecule has 0 aliphatic carbocycles. The van der Waals surface area contributed by atoms with Crippen molar-refractivity contribution in [3.8, 4) is 5.75 Å². The Hall–Kier alpha value is -2.70. The standard InChI is InChI=1S/C16H17FN4O2/c1-23-14-3-2-12(17)10-13(14)16(22)21-8-6-20(7-9-21)15-11-18-4-5-19-15/h2-5,10-11H,6-9H2,1H3. The molecule has 7 heteroatoms. The van der Waals surface area contributed by atoms with Gasteiger partial charge in [0.1, 0.15) is 17.4 Å². The minimum atomic E-state index is -0.452.